The SMILES string of the molecule is [CH2]Cc1cc(C(F)(F)F)ccc1C(F)(F)F. The van der Waals surface area contributed by atoms with Gasteiger partial charge in [0.1, 0.15) is 0 Å². The molecule has 0 fully saturated rings. The second kappa shape index (κ2) is 3.99. The van der Waals surface area contributed by atoms with Crippen LogP contribution in [0.15, 0.2) is 18.2 Å². The molecule has 1 aromatic rings. The summed E-state index contributed by atoms with van der Waals surface area (Å²) in [5, 5.41) is 0. The summed E-state index contributed by atoms with van der Waals surface area (Å²) < 4.78 is 73.8. The normalized spacial score (nSPS) is 12.9. The number of halogens is 6. The fourth-order valence-electron chi connectivity index (χ4n) is 1.25. The van der Waals surface area contributed by atoms with Crippen LogP contribution >= 0.6 is 0 Å². The Morgan fingerprint density at radius 1 is 0.938 bits per heavy atom. The highest BCUT2D eigenvalue weighted by atomic mass is 19.4. The first-order valence-corrected chi connectivity index (χ1v) is 4.23. The molecule has 0 atom stereocenters. The molecule has 89 valence electrons. The van der Waals surface area contributed by atoms with Crippen LogP contribution in [0.2, 0.25) is 0 Å². The van der Waals surface area contributed by atoms with Gasteiger partial charge >= 0.3 is 12.4 Å². The minimum Gasteiger partial charge on any atom is -0.166 e. The van der Waals surface area contributed by atoms with Crippen LogP contribution in [0.4, 0.5) is 26.3 Å². The average molecular weight is 241 g/mol. The van der Waals surface area contributed by atoms with E-state index in [1.807, 2.05) is 0 Å². The Kier molecular flexibility index (Phi) is 3.21. The van der Waals surface area contributed by atoms with E-state index in [1.54, 1.807) is 0 Å². The molecule has 0 spiro atoms. The molecule has 1 rings (SSSR count). The molecule has 1 radical (unpaired) electrons. The van der Waals surface area contributed by atoms with E-state index in [-0.39, 0.29) is 6.42 Å². The lowest BCUT2D eigenvalue weighted by molar-refractivity contribution is -0.141. The summed E-state index contributed by atoms with van der Waals surface area (Å²) in [5.74, 6) is 0. The Morgan fingerprint density at radius 2 is 1.50 bits per heavy atom. The minimum atomic E-state index is -4.66. The van der Waals surface area contributed by atoms with Gasteiger partial charge in [-0.1, -0.05) is 0 Å². The van der Waals surface area contributed by atoms with Crippen molar-refractivity contribution in [2.45, 2.75) is 18.8 Å². The van der Waals surface area contributed by atoms with Crippen molar-refractivity contribution >= 4 is 0 Å². The summed E-state index contributed by atoms with van der Waals surface area (Å²) in [7, 11) is 0. The maximum Gasteiger partial charge on any atom is 0.416 e. The van der Waals surface area contributed by atoms with Crippen LogP contribution in [0.25, 0.3) is 0 Å². The first-order valence-electron chi connectivity index (χ1n) is 4.23. The minimum absolute atomic E-state index is 0.348. The van der Waals surface area contributed by atoms with Crippen molar-refractivity contribution < 1.29 is 26.3 Å². The standard InChI is InChI=1S/C10H7F6/c1-2-6-5-7(9(11,12)13)3-4-8(6)10(14,15)16/h3-5H,1-2H2. The van der Waals surface area contributed by atoms with Crippen molar-refractivity contribution in [3.8, 4) is 0 Å². The molecule has 0 aliphatic heterocycles. The first-order chi connectivity index (χ1) is 7.16. The van der Waals surface area contributed by atoms with Gasteiger partial charge in [0.15, 0.2) is 0 Å². The van der Waals surface area contributed by atoms with Crippen molar-refractivity contribution in [1.29, 1.82) is 0 Å². The Bertz CT molecular complexity index is 374. The molecule has 0 heterocycles. The van der Waals surface area contributed by atoms with E-state index >= 15 is 0 Å². The van der Waals surface area contributed by atoms with Crippen molar-refractivity contribution in [3.63, 3.8) is 0 Å². The van der Waals surface area contributed by atoms with Crippen LogP contribution in [0.1, 0.15) is 16.7 Å². The molecule has 0 amide bonds. The molecule has 0 aliphatic carbocycles. The maximum atomic E-state index is 12.4. The van der Waals surface area contributed by atoms with Gasteiger partial charge in [0.05, 0.1) is 11.1 Å². The third-order valence-corrected chi connectivity index (χ3v) is 2.01. The number of hydrogen-bond donors (Lipinski definition) is 0. The van der Waals surface area contributed by atoms with Crippen molar-refractivity contribution in [2.24, 2.45) is 0 Å². The van der Waals surface area contributed by atoms with Gasteiger partial charge in [0, 0.05) is 0 Å². The maximum absolute atomic E-state index is 12.4. The molecule has 0 saturated heterocycles. The summed E-state index contributed by atoms with van der Waals surface area (Å²) in [4.78, 5) is 0. The number of alkyl halides is 6. The summed E-state index contributed by atoms with van der Waals surface area (Å²) in [5.41, 5.74) is -2.63. The highest BCUT2D eigenvalue weighted by Crippen LogP contribution is 2.36. The Morgan fingerprint density at radius 3 is 1.88 bits per heavy atom. The second-order valence-electron chi connectivity index (χ2n) is 3.12. The predicted octanol–water partition coefficient (Wildman–Crippen LogP) is 4.10. The molecule has 0 saturated carbocycles. The van der Waals surface area contributed by atoms with Gasteiger partial charge in [0.2, 0.25) is 0 Å². The van der Waals surface area contributed by atoms with Gasteiger partial charge in [-0.2, -0.15) is 26.3 Å². The number of hydrogen-bond acceptors (Lipinski definition) is 0. The summed E-state index contributed by atoms with van der Waals surface area (Å²) in [6, 6.07) is 1.33. The van der Waals surface area contributed by atoms with Crippen molar-refractivity contribution in [1.82, 2.24) is 0 Å². The summed E-state index contributed by atoms with van der Waals surface area (Å²) in [6.45, 7) is 3.19. The molecule has 1 aromatic carbocycles. The Hall–Kier alpha value is -1.20. The van der Waals surface area contributed by atoms with Gasteiger partial charge in [-0.05, 0) is 37.1 Å². The molecule has 0 aliphatic rings. The molecule has 0 N–H and O–H groups in total. The van der Waals surface area contributed by atoms with E-state index in [4.69, 9.17) is 0 Å². The molecule has 6 heteroatoms. The molecule has 0 aromatic heterocycles. The van der Waals surface area contributed by atoms with Crippen LogP contribution in [-0.4, -0.2) is 0 Å². The summed E-state index contributed by atoms with van der Waals surface area (Å²) >= 11 is 0. The number of benzene rings is 1. The topological polar surface area (TPSA) is 0 Å². The van der Waals surface area contributed by atoms with Gasteiger partial charge < -0.3 is 0 Å². The van der Waals surface area contributed by atoms with Gasteiger partial charge in [-0.25, -0.2) is 0 Å². The molecule has 0 unspecified atom stereocenters. The monoisotopic (exact) mass is 241 g/mol. The lowest BCUT2D eigenvalue weighted by atomic mass is 10.0. The third kappa shape index (κ3) is 2.68. The zero-order chi connectivity index (χ0) is 12.6. The molecule has 0 bridgehead atoms. The van der Waals surface area contributed by atoms with Gasteiger partial charge in [0.25, 0.3) is 0 Å². The quantitative estimate of drug-likeness (QED) is 0.649. The van der Waals surface area contributed by atoms with Crippen LogP contribution in [-0.2, 0) is 18.8 Å². The van der Waals surface area contributed by atoms with Crippen LogP contribution < -0.4 is 0 Å². The highest BCUT2D eigenvalue weighted by Gasteiger charge is 2.36. The first kappa shape index (κ1) is 12.9. The Balaban J connectivity index is 3.28. The van der Waals surface area contributed by atoms with Crippen LogP contribution in [0, 0.1) is 6.92 Å². The average Bonchev–Trinajstić information content (AvgIpc) is 2.14. The smallest absolute Gasteiger partial charge is 0.166 e. The van der Waals surface area contributed by atoms with E-state index < -0.39 is 29.0 Å². The van der Waals surface area contributed by atoms with Gasteiger partial charge in [-0.3, -0.25) is 0 Å². The van der Waals surface area contributed by atoms with E-state index in [0.717, 1.165) is 0 Å². The Labute approximate surface area is 87.9 Å². The van der Waals surface area contributed by atoms with Crippen molar-refractivity contribution in [3.05, 3.63) is 41.8 Å². The van der Waals surface area contributed by atoms with Gasteiger partial charge in [-0.15, -0.1) is 0 Å². The highest BCUT2D eigenvalue weighted by molar-refractivity contribution is 5.35. The zero-order valence-corrected chi connectivity index (χ0v) is 7.91. The van der Waals surface area contributed by atoms with Crippen LogP contribution in [0.5, 0.6) is 0 Å². The van der Waals surface area contributed by atoms with E-state index in [2.05, 4.69) is 6.92 Å². The van der Waals surface area contributed by atoms with E-state index in [1.165, 1.54) is 0 Å². The fourth-order valence-corrected chi connectivity index (χ4v) is 1.25. The predicted molar refractivity (Wildman–Crippen MR) is 45.5 cm³/mol. The zero-order valence-electron chi connectivity index (χ0n) is 7.91. The molecule has 0 nitrogen and oxygen atoms in total. The molecule has 16 heavy (non-hydrogen) atoms. The third-order valence-electron chi connectivity index (χ3n) is 2.01. The van der Waals surface area contributed by atoms with Crippen LogP contribution in [0.3, 0.4) is 0 Å². The lowest BCUT2D eigenvalue weighted by Gasteiger charge is -2.14. The lowest BCUT2D eigenvalue weighted by Crippen LogP contribution is -2.12. The van der Waals surface area contributed by atoms with E-state index in [9.17, 15) is 26.3 Å². The summed E-state index contributed by atoms with van der Waals surface area (Å²) in [6.07, 6.45) is -9.65. The second-order valence-corrected chi connectivity index (χ2v) is 3.12. The van der Waals surface area contributed by atoms with E-state index in [0.29, 0.717) is 18.2 Å². The number of rotatable bonds is 1. The molecular weight excluding hydrogens is 234 g/mol. The largest absolute Gasteiger partial charge is 0.416 e. The molecular formula is C10H7F6. The fraction of sp³-hybridized carbons (Fsp3) is 0.300. The van der Waals surface area contributed by atoms with Crippen molar-refractivity contribution in [2.75, 3.05) is 0 Å².